The van der Waals surface area contributed by atoms with Crippen molar-refractivity contribution in [2.45, 2.75) is 0 Å². The Hall–Kier alpha value is -0.630. The van der Waals surface area contributed by atoms with Gasteiger partial charge < -0.3 is 4.98 Å². The van der Waals surface area contributed by atoms with Crippen LogP contribution in [-0.4, -0.2) is 9.55 Å². The molecular formula is C9H6BrIN2O2. The Morgan fingerprint density at radius 1 is 1.40 bits per heavy atom. The summed E-state index contributed by atoms with van der Waals surface area (Å²) in [7, 11) is 1.45. The second-order valence-corrected chi connectivity index (χ2v) is 5.18. The van der Waals surface area contributed by atoms with Crippen LogP contribution in [0.2, 0.25) is 0 Å². The summed E-state index contributed by atoms with van der Waals surface area (Å²) in [6.45, 7) is 0. The summed E-state index contributed by atoms with van der Waals surface area (Å²) in [5, 5.41) is 0.510. The van der Waals surface area contributed by atoms with E-state index in [1.165, 1.54) is 7.05 Å². The van der Waals surface area contributed by atoms with Gasteiger partial charge in [0.1, 0.15) is 0 Å². The van der Waals surface area contributed by atoms with E-state index in [-0.39, 0.29) is 5.56 Å². The number of halogens is 2. The minimum atomic E-state index is -0.396. The first-order valence-electron chi connectivity index (χ1n) is 4.09. The average Bonchev–Trinajstić information content (AvgIpc) is 2.17. The van der Waals surface area contributed by atoms with E-state index in [0.29, 0.717) is 10.9 Å². The van der Waals surface area contributed by atoms with Gasteiger partial charge in [0.05, 0.1) is 10.9 Å². The highest BCUT2D eigenvalue weighted by Crippen LogP contribution is 2.20. The van der Waals surface area contributed by atoms with Crippen molar-refractivity contribution in [3.63, 3.8) is 0 Å². The zero-order chi connectivity index (χ0) is 11.2. The monoisotopic (exact) mass is 380 g/mol. The second-order valence-electron chi connectivity index (χ2n) is 3.10. The number of nitrogens with zero attached hydrogens (tertiary/aromatic N) is 1. The normalized spacial score (nSPS) is 10.9. The molecule has 1 N–H and O–H groups in total. The van der Waals surface area contributed by atoms with E-state index in [2.05, 4.69) is 43.5 Å². The lowest BCUT2D eigenvalue weighted by Gasteiger charge is -2.03. The molecule has 1 aromatic carbocycles. The topological polar surface area (TPSA) is 54.9 Å². The van der Waals surface area contributed by atoms with Crippen molar-refractivity contribution in [2.24, 2.45) is 7.05 Å². The number of H-pyrrole nitrogens is 1. The molecule has 1 aromatic heterocycles. The summed E-state index contributed by atoms with van der Waals surface area (Å²) >= 11 is 5.40. The molecule has 0 saturated carbocycles. The number of benzene rings is 1. The largest absolute Gasteiger partial charge is 0.328 e. The first-order chi connectivity index (χ1) is 7.00. The standard InChI is InChI=1S/C9H6BrIN2O2/c1-13-8(14)5-2-4(10)3-6(11)7(5)12-9(13)15/h2-3H,1H3,(H,12,15). The molecule has 0 amide bonds. The lowest BCUT2D eigenvalue weighted by Crippen LogP contribution is -2.32. The summed E-state index contributed by atoms with van der Waals surface area (Å²) in [6.07, 6.45) is 0. The molecule has 4 nitrogen and oxygen atoms in total. The number of aromatic amines is 1. The third-order valence-corrected chi connectivity index (χ3v) is 3.44. The molecule has 15 heavy (non-hydrogen) atoms. The van der Waals surface area contributed by atoms with Crippen molar-refractivity contribution in [3.05, 3.63) is 41.0 Å². The van der Waals surface area contributed by atoms with E-state index < -0.39 is 5.69 Å². The van der Waals surface area contributed by atoms with Gasteiger partial charge in [0.2, 0.25) is 0 Å². The maximum atomic E-state index is 11.8. The quantitative estimate of drug-likeness (QED) is 0.706. The van der Waals surface area contributed by atoms with Crippen LogP contribution in [0.15, 0.2) is 26.2 Å². The van der Waals surface area contributed by atoms with E-state index in [0.717, 1.165) is 12.6 Å². The SMILES string of the molecule is Cn1c(=O)[nH]c2c(I)cc(Br)cc2c1=O. The van der Waals surface area contributed by atoms with Crippen LogP contribution in [-0.2, 0) is 7.05 Å². The fraction of sp³-hybridized carbons (Fsp3) is 0.111. The molecule has 1 heterocycles. The van der Waals surface area contributed by atoms with Gasteiger partial charge in [-0.1, -0.05) is 15.9 Å². The third kappa shape index (κ3) is 1.76. The third-order valence-electron chi connectivity index (χ3n) is 2.13. The summed E-state index contributed by atoms with van der Waals surface area (Å²) in [4.78, 5) is 25.8. The number of fused-ring (bicyclic) bond motifs is 1. The van der Waals surface area contributed by atoms with Gasteiger partial charge in [0.25, 0.3) is 5.56 Å². The molecule has 0 saturated heterocycles. The van der Waals surface area contributed by atoms with Gasteiger partial charge in [0, 0.05) is 15.1 Å². The number of nitrogens with one attached hydrogen (secondary N) is 1. The van der Waals surface area contributed by atoms with Gasteiger partial charge in [-0.05, 0) is 34.7 Å². The molecule has 0 radical (unpaired) electrons. The molecule has 0 aliphatic rings. The lowest BCUT2D eigenvalue weighted by atomic mass is 10.2. The van der Waals surface area contributed by atoms with Crippen LogP contribution in [0.3, 0.4) is 0 Å². The molecule has 0 atom stereocenters. The molecule has 2 aromatic rings. The minimum Gasteiger partial charge on any atom is -0.306 e. The fourth-order valence-corrected chi connectivity index (χ4v) is 2.98. The molecule has 0 aliphatic carbocycles. The summed E-state index contributed by atoms with van der Waals surface area (Å²) in [5.74, 6) is 0. The smallest absolute Gasteiger partial charge is 0.306 e. The molecule has 2 rings (SSSR count). The van der Waals surface area contributed by atoms with Crippen molar-refractivity contribution in [2.75, 3.05) is 0 Å². The van der Waals surface area contributed by atoms with Crippen molar-refractivity contribution >= 4 is 49.4 Å². The van der Waals surface area contributed by atoms with Crippen molar-refractivity contribution < 1.29 is 0 Å². The first-order valence-corrected chi connectivity index (χ1v) is 5.96. The van der Waals surface area contributed by atoms with Gasteiger partial charge in [-0.15, -0.1) is 0 Å². The molecule has 0 unspecified atom stereocenters. The first kappa shape index (κ1) is 10.9. The van der Waals surface area contributed by atoms with Gasteiger partial charge >= 0.3 is 5.69 Å². The van der Waals surface area contributed by atoms with Crippen LogP contribution in [0, 0.1) is 3.57 Å². The van der Waals surface area contributed by atoms with Gasteiger partial charge in [-0.2, -0.15) is 0 Å². The minimum absolute atomic E-state index is 0.284. The molecular weight excluding hydrogens is 375 g/mol. The highest BCUT2D eigenvalue weighted by Gasteiger charge is 2.07. The van der Waals surface area contributed by atoms with Gasteiger partial charge in [-0.3, -0.25) is 9.36 Å². The van der Waals surface area contributed by atoms with E-state index in [9.17, 15) is 9.59 Å². The van der Waals surface area contributed by atoms with Crippen molar-refractivity contribution in [1.29, 1.82) is 0 Å². The Kier molecular flexibility index (Phi) is 2.72. The second kappa shape index (κ2) is 3.75. The van der Waals surface area contributed by atoms with Crippen LogP contribution < -0.4 is 11.2 Å². The van der Waals surface area contributed by atoms with Crippen LogP contribution in [0.4, 0.5) is 0 Å². The van der Waals surface area contributed by atoms with Crippen LogP contribution in [0.1, 0.15) is 0 Å². The lowest BCUT2D eigenvalue weighted by molar-refractivity contribution is 0.793. The van der Waals surface area contributed by atoms with Crippen LogP contribution >= 0.6 is 38.5 Å². The highest BCUT2D eigenvalue weighted by molar-refractivity contribution is 14.1. The molecule has 6 heteroatoms. The molecule has 0 aliphatic heterocycles. The molecule has 0 spiro atoms. The molecule has 0 bridgehead atoms. The summed E-state index contributed by atoms with van der Waals surface area (Å²) in [5.41, 5.74) is -0.0902. The Morgan fingerprint density at radius 3 is 2.73 bits per heavy atom. The average molecular weight is 381 g/mol. The van der Waals surface area contributed by atoms with Crippen LogP contribution in [0.25, 0.3) is 10.9 Å². The maximum Gasteiger partial charge on any atom is 0.328 e. The molecule has 78 valence electrons. The maximum absolute atomic E-state index is 11.8. The number of hydrogen-bond acceptors (Lipinski definition) is 2. The van der Waals surface area contributed by atoms with Crippen molar-refractivity contribution in [3.8, 4) is 0 Å². The van der Waals surface area contributed by atoms with Gasteiger partial charge in [-0.25, -0.2) is 4.79 Å². The van der Waals surface area contributed by atoms with Crippen molar-refractivity contribution in [1.82, 2.24) is 9.55 Å². The Bertz CT molecular complexity index is 659. The zero-order valence-corrected chi connectivity index (χ0v) is 11.4. The summed E-state index contributed by atoms with van der Waals surface area (Å²) < 4.78 is 2.72. The Labute approximate surface area is 107 Å². The number of hydrogen-bond donors (Lipinski definition) is 1. The zero-order valence-electron chi connectivity index (χ0n) is 7.67. The predicted octanol–water partition coefficient (Wildman–Crippen LogP) is 1.59. The predicted molar refractivity (Wildman–Crippen MR) is 70.2 cm³/mol. The fourth-order valence-electron chi connectivity index (χ4n) is 1.33. The van der Waals surface area contributed by atoms with E-state index in [1.807, 2.05) is 6.07 Å². The molecule has 0 fully saturated rings. The number of rotatable bonds is 0. The van der Waals surface area contributed by atoms with Crippen LogP contribution in [0.5, 0.6) is 0 Å². The number of aromatic nitrogens is 2. The van der Waals surface area contributed by atoms with Gasteiger partial charge in [0.15, 0.2) is 0 Å². The van der Waals surface area contributed by atoms with E-state index in [4.69, 9.17) is 0 Å². The Balaban J connectivity index is 3.13. The summed E-state index contributed by atoms with van der Waals surface area (Å²) in [6, 6.07) is 3.55. The van der Waals surface area contributed by atoms with E-state index in [1.54, 1.807) is 6.07 Å². The Morgan fingerprint density at radius 2 is 2.07 bits per heavy atom. The highest BCUT2D eigenvalue weighted by atomic mass is 127. The van der Waals surface area contributed by atoms with E-state index >= 15 is 0 Å².